The van der Waals surface area contributed by atoms with Crippen LogP contribution in [0.5, 0.6) is 5.75 Å². The molecule has 0 spiro atoms. The molecule has 2 aromatic carbocycles. The van der Waals surface area contributed by atoms with Crippen LogP contribution in [0.15, 0.2) is 46.9 Å². The number of nitrogens with zero attached hydrogens (tertiary/aromatic N) is 1. The highest BCUT2D eigenvalue weighted by molar-refractivity contribution is 9.10. The van der Waals surface area contributed by atoms with Crippen molar-refractivity contribution in [3.05, 3.63) is 62.6 Å². The van der Waals surface area contributed by atoms with E-state index in [0.717, 1.165) is 17.0 Å². The average molecular weight is 351 g/mol. The summed E-state index contributed by atoms with van der Waals surface area (Å²) in [5.74, 6) is 0.790. The summed E-state index contributed by atoms with van der Waals surface area (Å²) in [6.45, 7) is 3.08. The molecule has 0 aromatic heterocycles. The third-order valence-electron chi connectivity index (χ3n) is 2.90. The number of rotatable bonds is 6. The van der Waals surface area contributed by atoms with Crippen molar-refractivity contribution in [3.8, 4) is 5.75 Å². The van der Waals surface area contributed by atoms with E-state index in [1.165, 1.54) is 12.1 Å². The Kier molecular flexibility index (Phi) is 5.16. The SMILES string of the molecule is CCOc1ccccc1NCc1ccc([N+](=O)[O-])cc1Br. The molecule has 0 radical (unpaired) electrons. The van der Waals surface area contributed by atoms with Gasteiger partial charge in [0.15, 0.2) is 0 Å². The first kappa shape index (κ1) is 15.3. The van der Waals surface area contributed by atoms with Gasteiger partial charge in [0, 0.05) is 23.2 Å². The molecule has 2 rings (SSSR count). The van der Waals surface area contributed by atoms with E-state index in [4.69, 9.17) is 4.74 Å². The minimum atomic E-state index is -0.410. The molecular weight excluding hydrogens is 336 g/mol. The van der Waals surface area contributed by atoms with Gasteiger partial charge in [-0.3, -0.25) is 10.1 Å². The van der Waals surface area contributed by atoms with Crippen molar-refractivity contribution in [2.45, 2.75) is 13.5 Å². The van der Waals surface area contributed by atoms with Crippen LogP contribution in [0.1, 0.15) is 12.5 Å². The largest absolute Gasteiger partial charge is 0.492 e. The summed E-state index contributed by atoms with van der Waals surface area (Å²) in [6.07, 6.45) is 0. The van der Waals surface area contributed by atoms with Crippen molar-refractivity contribution >= 4 is 27.3 Å². The molecule has 0 unspecified atom stereocenters. The minimum Gasteiger partial charge on any atom is -0.492 e. The molecule has 5 nitrogen and oxygen atoms in total. The number of non-ortho nitro benzene ring substituents is 1. The third-order valence-corrected chi connectivity index (χ3v) is 3.64. The second-order valence-corrected chi connectivity index (χ2v) is 5.17. The zero-order chi connectivity index (χ0) is 15.2. The summed E-state index contributed by atoms with van der Waals surface area (Å²) >= 11 is 3.36. The first-order valence-electron chi connectivity index (χ1n) is 6.50. The fourth-order valence-electron chi connectivity index (χ4n) is 1.88. The second-order valence-electron chi connectivity index (χ2n) is 4.32. The summed E-state index contributed by atoms with van der Waals surface area (Å²) in [6, 6.07) is 12.4. The Morgan fingerprint density at radius 2 is 2.05 bits per heavy atom. The van der Waals surface area contributed by atoms with E-state index in [2.05, 4.69) is 21.2 Å². The van der Waals surface area contributed by atoms with Crippen LogP contribution in [0.3, 0.4) is 0 Å². The lowest BCUT2D eigenvalue weighted by Crippen LogP contribution is -2.03. The number of nitro groups is 1. The number of halogens is 1. The van der Waals surface area contributed by atoms with Gasteiger partial charge in [0.2, 0.25) is 0 Å². The van der Waals surface area contributed by atoms with E-state index in [1.54, 1.807) is 6.07 Å². The van der Waals surface area contributed by atoms with Crippen LogP contribution in [0.25, 0.3) is 0 Å². The number of nitrogens with one attached hydrogen (secondary N) is 1. The monoisotopic (exact) mass is 350 g/mol. The van der Waals surface area contributed by atoms with Crippen molar-refractivity contribution in [2.24, 2.45) is 0 Å². The molecular formula is C15H15BrN2O3. The first-order chi connectivity index (χ1) is 10.1. The smallest absolute Gasteiger partial charge is 0.270 e. The van der Waals surface area contributed by atoms with Crippen LogP contribution in [0, 0.1) is 10.1 Å². The number of hydrogen-bond donors (Lipinski definition) is 1. The Labute approximate surface area is 131 Å². The normalized spacial score (nSPS) is 10.2. The maximum absolute atomic E-state index is 10.7. The van der Waals surface area contributed by atoms with Crippen LogP contribution in [-0.2, 0) is 6.54 Å². The molecule has 2 aromatic rings. The predicted octanol–water partition coefficient (Wildman–Crippen LogP) is 4.37. The van der Waals surface area contributed by atoms with Gasteiger partial charge in [0.1, 0.15) is 5.75 Å². The first-order valence-corrected chi connectivity index (χ1v) is 7.29. The molecule has 21 heavy (non-hydrogen) atoms. The molecule has 0 saturated heterocycles. The Hall–Kier alpha value is -2.08. The van der Waals surface area contributed by atoms with Crippen molar-refractivity contribution in [1.29, 1.82) is 0 Å². The summed E-state index contributed by atoms with van der Waals surface area (Å²) in [5.41, 5.74) is 1.90. The van der Waals surface area contributed by atoms with Crippen LogP contribution in [-0.4, -0.2) is 11.5 Å². The molecule has 1 N–H and O–H groups in total. The summed E-state index contributed by atoms with van der Waals surface area (Å²) in [5, 5.41) is 14.0. The van der Waals surface area contributed by atoms with Gasteiger partial charge >= 0.3 is 0 Å². The van der Waals surface area contributed by atoms with E-state index in [-0.39, 0.29) is 5.69 Å². The third kappa shape index (κ3) is 3.95. The molecule has 0 amide bonds. The van der Waals surface area contributed by atoms with E-state index in [1.807, 2.05) is 31.2 Å². The number of ether oxygens (including phenoxy) is 1. The molecule has 0 fully saturated rings. The fourth-order valence-corrected chi connectivity index (χ4v) is 2.38. The lowest BCUT2D eigenvalue weighted by molar-refractivity contribution is -0.384. The van der Waals surface area contributed by atoms with Gasteiger partial charge in [-0.1, -0.05) is 28.1 Å². The standard InChI is InChI=1S/C15H15BrN2O3/c1-2-21-15-6-4-3-5-14(15)17-10-11-7-8-12(18(19)20)9-13(11)16/h3-9,17H,2,10H2,1H3. The maximum Gasteiger partial charge on any atom is 0.270 e. The maximum atomic E-state index is 10.7. The Bertz CT molecular complexity index is 647. The van der Waals surface area contributed by atoms with Crippen LogP contribution in [0.4, 0.5) is 11.4 Å². The van der Waals surface area contributed by atoms with Gasteiger partial charge in [0.25, 0.3) is 5.69 Å². The van der Waals surface area contributed by atoms with Gasteiger partial charge in [-0.05, 0) is 30.7 Å². The molecule has 0 aliphatic carbocycles. The highest BCUT2D eigenvalue weighted by Crippen LogP contribution is 2.27. The van der Waals surface area contributed by atoms with E-state index >= 15 is 0 Å². The van der Waals surface area contributed by atoms with Gasteiger partial charge in [-0.15, -0.1) is 0 Å². The average Bonchev–Trinajstić information content (AvgIpc) is 2.47. The van der Waals surface area contributed by atoms with Crippen molar-refractivity contribution in [3.63, 3.8) is 0 Å². The molecule has 0 bridgehead atoms. The highest BCUT2D eigenvalue weighted by atomic mass is 79.9. The van der Waals surface area contributed by atoms with Crippen molar-refractivity contribution in [2.75, 3.05) is 11.9 Å². The zero-order valence-corrected chi connectivity index (χ0v) is 13.1. The topological polar surface area (TPSA) is 64.4 Å². The fraction of sp³-hybridized carbons (Fsp3) is 0.200. The lowest BCUT2D eigenvalue weighted by Gasteiger charge is -2.12. The molecule has 6 heteroatoms. The Balaban J connectivity index is 2.11. The summed E-state index contributed by atoms with van der Waals surface area (Å²) < 4.78 is 6.25. The van der Waals surface area contributed by atoms with Crippen molar-refractivity contribution < 1.29 is 9.66 Å². The van der Waals surface area contributed by atoms with Gasteiger partial charge in [0.05, 0.1) is 17.2 Å². The molecule has 0 atom stereocenters. The zero-order valence-electron chi connectivity index (χ0n) is 11.5. The lowest BCUT2D eigenvalue weighted by atomic mass is 10.2. The van der Waals surface area contributed by atoms with Crippen LogP contribution < -0.4 is 10.1 Å². The highest BCUT2D eigenvalue weighted by Gasteiger charge is 2.09. The Morgan fingerprint density at radius 3 is 2.71 bits per heavy atom. The van der Waals surface area contributed by atoms with E-state index in [0.29, 0.717) is 17.6 Å². The van der Waals surface area contributed by atoms with E-state index in [9.17, 15) is 10.1 Å². The quantitative estimate of drug-likeness (QED) is 0.620. The van der Waals surface area contributed by atoms with Crippen molar-refractivity contribution in [1.82, 2.24) is 0 Å². The van der Waals surface area contributed by atoms with Crippen LogP contribution >= 0.6 is 15.9 Å². The number of benzene rings is 2. The molecule has 0 aliphatic rings. The molecule has 0 heterocycles. The van der Waals surface area contributed by atoms with Gasteiger partial charge in [-0.2, -0.15) is 0 Å². The second kappa shape index (κ2) is 7.08. The van der Waals surface area contributed by atoms with Gasteiger partial charge < -0.3 is 10.1 Å². The number of nitro benzene ring substituents is 1. The molecule has 0 saturated carbocycles. The molecule has 110 valence electrons. The number of hydrogen-bond acceptors (Lipinski definition) is 4. The molecule has 0 aliphatic heterocycles. The number of anilines is 1. The predicted molar refractivity (Wildman–Crippen MR) is 85.7 cm³/mol. The Morgan fingerprint density at radius 1 is 1.29 bits per heavy atom. The summed E-state index contributed by atoms with van der Waals surface area (Å²) in [7, 11) is 0. The van der Waals surface area contributed by atoms with Crippen LogP contribution in [0.2, 0.25) is 0 Å². The minimum absolute atomic E-state index is 0.0698. The van der Waals surface area contributed by atoms with E-state index < -0.39 is 4.92 Å². The number of para-hydroxylation sites is 2. The van der Waals surface area contributed by atoms with Gasteiger partial charge in [-0.25, -0.2) is 0 Å². The summed E-state index contributed by atoms with van der Waals surface area (Å²) in [4.78, 5) is 10.3.